The van der Waals surface area contributed by atoms with Gasteiger partial charge in [-0.1, -0.05) is 137 Å². The number of hydrogen-bond donors (Lipinski definition) is 1. The number of halogens is 1. The van der Waals surface area contributed by atoms with Gasteiger partial charge in [0.1, 0.15) is 0 Å². The predicted octanol–water partition coefficient (Wildman–Crippen LogP) is 10.5. The van der Waals surface area contributed by atoms with E-state index in [1.54, 1.807) is 0 Å². The van der Waals surface area contributed by atoms with E-state index < -0.39 is 5.97 Å². The number of rotatable bonds is 24. The Kier molecular flexibility index (Phi) is 25.2. The molecule has 0 atom stereocenters. The van der Waals surface area contributed by atoms with Gasteiger partial charge in [0.05, 0.1) is 0 Å². The molecule has 0 fully saturated rings. The lowest BCUT2D eigenvalue weighted by atomic mass is 10.0. The molecule has 0 aliphatic rings. The Morgan fingerprint density at radius 3 is 1.55 bits per heavy atom. The average molecular weight is 500 g/mol. The summed E-state index contributed by atoms with van der Waals surface area (Å²) in [6.07, 6.45) is 34.6. The minimum Gasteiger partial charge on any atom is -0.481 e. The average Bonchev–Trinajstić information content (AvgIpc) is 2.75. The first kappa shape index (κ1) is 30.4. The van der Waals surface area contributed by atoms with Crippen molar-refractivity contribution in [2.24, 2.45) is 0 Å². The van der Waals surface area contributed by atoms with Gasteiger partial charge in [0, 0.05) is 6.42 Å². The fourth-order valence-electron chi connectivity index (χ4n) is 3.88. The molecule has 0 spiro atoms. The van der Waals surface area contributed by atoms with Crippen LogP contribution in [-0.2, 0) is 4.79 Å². The lowest BCUT2D eigenvalue weighted by molar-refractivity contribution is -0.137. The Labute approximate surface area is 202 Å². The van der Waals surface area contributed by atoms with Gasteiger partial charge in [-0.2, -0.15) is 0 Å². The maximum absolute atomic E-state index is 10.5. The molecular weight excluding hydrogens is 448 g/mol. The molecule has 31 heavy (non-hydrogen) atoms. The Balaban J connectivity index is 3.23. The summed E-state index contributed by atoms with van der Waals surface area (Å²) in [6.45, 7) is 2.29. The summed E-state index contributed by atoms with van der Waals surface area (Å²) in [6, 6.07) is 0. The fourth-order valence-corrected chi connectivity index (χ4v) is 4.34. The zero-order valence-electron chi connectivity index (χ0n) is 20.5. The predicted molar refractivity (Wildman–Crippen MR) is 141 cm³/mol. The Morgan fingerprint density at radius 1 is 0.613 bits per heavy atom. The highest BCUT2D eigenvalue weighted by Crippen LogP contribution is 2.16. The van der Waals surface area contributed by atoms with Gasteiger partial charge in [-0.25, -0.2) is 0 Å². The molecule has 0 aromatic heterocycles. The molecule has 1 N–H and O–H groups in total. The van der Waals surface area contributed by atoms with Crippen LogP contribution in [0, 0.1) is 0 Å². The highest BCUT2D eigenvalue weighted by Gasteiger charge is 1.96. The molecule has 0 aliphatic carbocycles. The van der Waals surface area contributed by atoms with Crippen LogP contribution in [0.4, 0.5) is 0 Å². The number of carboxylic acid groups (broad SMARTS) is 1. The van der Waals surface area contributed by atoms with Crippen molar-refractivity contribution < 1.29 is 9.90 Å². The highest BCUT2D eigenvalue weighted by molar-refractivity contribution is 9.11. The van der Waals surface area contributed by atoms with Crippen LogP contribution in [0.15, 0.2) is 22.7 Å². The minimum atomic E-state index is -0.707. The molecule has 0 saturated carbocycles. The summed E-state index contributed by atoms with van der Waals surface area (Å²) in [5.74, 6) is -0.707. The van der Waals surface area contributed by atoms with E-state index in [4.69, 9.17) is 5.11 Å². The standard InChI is InChI=1S/C28H51BrO2/c1-2-3-4-5-6-7-8-9-10-11-12-13-14-15-16-17-18-19-20-21-24-27(29)25-22-23-26-28(30)31/h19-20,25H,2-18,21-24,26H2,1H3,(H,30,31). The topological polar surface area (TPSA) is 37.3 Å². The Bertz CT molecular complexity index is 442. The van der Waals surface area contributed by atoms with Crippen LogP contribution >= 0.6 is 15.9 Å². The smallest absolute Gasteiger partial charge is 0.303 e. The molecule has 0 aromatic rings. The second-order valence-corrected chi connectivity index (χ2v) is 10.1. The summed E-state index contributed by atoms with van der Waals surface area (Å²) in [5.41, 5.74) is 0. The maximum Gasteiger partial charge on any atom is 0.303 e. The van der Waals surface area contributed by atoms with Crippen LogP contribution in [-0.4, -0.2) is 11.1 Å². The minimum absolute atomic E-state index is 0.260. The van der Waals surface area contributed by atoms with E-state index in [0.717, 1.165) is 25.7 Å². The number of carboxylic acids is 1. The summed E-state index contributed by atoms with van der Waals surface area (Å²) in [4.78, 5) is 10.5. The van der Waals surface area contributed by atoms with E-state index in [-0.39, 0.29) is 6.42 Å². The molecule has 182 valence electrons. The number of carbonyl (C=O) groups is 1. The van der Waals surface area contributed by atoms with Crippen molar-refractivity contribution in [3.05, 3.63) is 22.7 Å². The molecule has 0 aliphatic heterocycles. The summed E-state index contributed by atoms with van der Waals surface area (Å²) in [7, 11) is 0. The van der Waals surface area contributed by atoms with Crippen molar-refractivity contribution in [3.63, 3.8) is 0 Å². The molecule has 0 unspecified atom stereocenters. The summed E-state index contributed by atoms with van der Waals surface area (Å²) < 4.78 is 1.20. The van der Waals surface area contributed by atoms with Crippen molar-refractivity contribution in [3.8, 4) is 0 Å². The van der Waals surface area contributed by atoms with E-state index in [9.17, 15) is 4.79 Å². The second kappa shape index (κ2) is 25.7. The lowest BCUT2D eigenvalue weighted by Gasteiger charge is -2.03. The van der Waals surface area contributed by atoms with Gasteiger partial charge < -0.3 is 5.11 Å². The van der Waals surface area contributed by atoms with E-state index in [0.29, 0.717) is 0 Å². The van der Waals surface area contributed by atoms with Gasteiger partial charge >= 0.3 is 5.97 Å². The van der Waals surface area contributed by atoms with Crippen LogP contribution in [0.3, 0.4) is 0 Å². The van der Waals surface area contributed by atoms with E-state index >= 15 is 0 Å². The number of allylic oxidation sites excluding steroid dienone is 4. The normalized spacial score (nSPS) is 12.1. The molecule has 0 heterocycles. The monoisotopic (exact) mass is 498 g/mol. The Morgan fingerprint density at radius 2 is 1.06 bits per heavy atom. The van der Waals surface area contributed by atoms with Crippen molar-refractivity contribution in [1.29, 1.82) is 0 Å². The molecule has 2 nitrogen and oxygen atoms in total. The molecular formula is C28H51BrO2. The zero-order chi connectivity index (χ0) is 22.8. The molecule has 3 heteroatoms. The lowest BCUT2D eigenvalue weighted by Crippen LogP contribution is -1.92. The first-order valence-corrected chi connectivity index (χ1v) is 14.2. The van der Waals surface area contributed by atoms with Crippen molar-refractivity contribution in [2.45, 2.75) is 148 Å². The maximum atomic E-state index is 10.5. The first-order valence-electron chi connectivity index (χ1n) is 13.4. The third kappa shape index (κ3) is 27.4. The van der Waals surface area contributed by atoms with Crippen LogP contribution in [0.25, 0.3) is 0 Å². The first-order chi connectivity index (χ1) is 15.2. The third-order valence-electron chi connectivity index (χ3n) is 5.90. The third-order valence-corrected chi connectivity index (χ3v) is 6.62. The number of aliphatic carboxylic acids is 1. The number of unbranched alkanes of at least 4 members (excludes halogenated alkanes) is 17. The van der Waals surface area contributed by atoms with Crippen LogP contribution in [0.5, 0.6) is 0 Å². The van der Waals surface area contributed by atoms with E-state index in [2.05, 4.69) is 41.1 Å². The summed E-state index contributed by atoms with van der Waals surface area (Å²) >= 11 is 3.58. The molecule has 0 rings (SSSR count). The molecule has 0 saturated heterocycles. The van der Waals surface area contributed by atoms with Gasteiger partial charge in [0.25, 0.3) is 0 Å². The van der Waals surface area contributed by atoms with Gasteiger partial charge in [-0.3, -0.25) is 4.79 Å². The molecule has 0 bridgehead atoms. The highest BCUT2D eigenvalue weighted by atomic mass is 79.9. The SMILES string of the molecule is CCCCCCCCCCCCCCCCCCC=CCCC(Br)=CCCCC(=O)O. The Hall–Kier alpha value is -0.570. The van der Waals surface area contributed by atoms with Crippen LogP contribution < -0.4 is 0 Å². The van der Waals surface area contributed by atoms with E-state index in [1.807, 2.05) is 0 Å². The van der Waals surface area contributed by atoms with Crippen molar-refractivity contribution in [2.75, 3.05) is 0 Å². The molecule has 0 radical (unpaired) electrons. The fraction of sp³-hybridized carbons (Fsp3) is 0.821. The largest absolute Gasteiger partial charge is 0.481 e. The van der Waals surface area contributed by atoms with Gasteiger partial charge in [0.15, 0.2) is 0 Å². The van der Waals surface area contributed by atoms with E-state index in [1.165, 1.54) is 114 Å². The molecule has 0 amide bonds. The number of hydrogen-bond acceptors (Lipinski definition) is 1. The zero-order valence-corrected chi connectivity index (χ0v) is 22.1. The second-order valence-electron chi connectivity index (χ2n) is 9.04. The van der Waals surface area contributed by atoms with Gasteiger partial charge in [-0.15, -0.1) is 0 Å². The van der Waals surface area contributed by atoms with Crippen molar-refractivity contribution in [1.82, 2.24) is 0 Å². The van der Waals surface area contributed by atoms with Crippen molar-refractivity contribution >= 4 is 21.9 Å². The molecule has 0 aromatic carbocycles. The summed E-state index contributed by atoms with van der Waals surface area (Å²) in [5, 5.41) is 8.62. The van der Waals surface area contributed by atoms with Gasteiger partial charge in [0.2, 0.25) is 0 Å². The van der Waals surface area contributed by atoms with Crippen LogP contribution in [0.1, 0.15) is 148 Å². The quantitative estimate of drug-likeness (QED) is 0.106. The van der Waals surface area contributed by atoms with Gasteiger partial charge in [-0.05, 0) is 43.0 Å². The van der Waals surface area contributed by atoms with Crippen LogP contribution in [0.2, 0.25) is 0 Å².